The Balaban J connectivity index is 1.56. The number of carbonyl (C=O) groups is 1. The van der Waals surface area contributed by atoms with Crippen molar-refractivity contribution in [3.63, 3.8) is 0 Å². The molecule has 2 aliphatic rings. The molecule has 2 saturated heterocycles. The summed E-state index contributed by atoms with van der Waals surface area (Å²) in [5.74, 6) is 1.14. The summed E-state index contributed by atoms with van der Waals surface area (Å²) in [7, 11) is 0. The first-order valence-corrected chi connectivity index (χ1v) is 7.84. The number of likely N-dealkylation sites (tertiary alicyclic amines) is 1. The average Bonchev–Trinajstić information content (AvgIpc) is 3.09. The molecule has 0 aromatic heterocycles. The summed E-state index contributed by atoms with van der Waals surface area (Å²) in [6.45, 7) is 6.28. The predicted octanol–water partition coefficient (Wildman–Crippen LogP) is 1.58. The van der Waals surface area contributed by atoms with E-state index in [2.05, 4.69) is 0 Å². The normalized spacial score (nSPS) is 27.0. The number of carbonyl (C=O) groups excluding carboxylic acids is 1. The van der Waals surface area contributed by atoms with E-state index in [4.69, 9.17) is 14.2 Å². The second-order valence-corrected chi connectivity index (χ2v) is 6.09. The molecule has 0 bridgehead atoms. The molecule has 5 nitrogen and oxygen atoms in total. The Labute approximate surface area is 131 Å². The summed E-state index contributed by atoms with van der Waals surface area (Å²) in [5.41, 5.74) is -0.0293. The first-order valence-electron chi connectivity index (χ1n) is 7.84. The molecule has 0 spiro atoms. The molecule has 0 radical (unpaired) electrons. The van der Waals surface area contributed by atoms with Gasteiger partial charge in [0.15, 0.2) is 6.61 Å². The molecule has 1 aromatic carbocycles. The van der Waals surface area contributed by atoms with E-state index in [0.29, 0.717) is 32.3 Å². The number of benzene rings is 1. The number of para-hydroxylation sites is 1. The Hall–Kier alpha value is -1.59. The smallest absolute Gasteiger partial charge is 0.260 e. The standard InChI is InChI=1S/C17H23NO4/c1-2-20-12-17-11-18(8-14(17)9-21-13-17)16(19)10-22-15-6-4-3-5-7-15/h3-7,14H,2,8-13H2,1H3/t14-,17-/m1/s1. The molecule has 0 saturated carbocycles. The van der Waals surface area contributed by atoms with E-state index in [9.17, 15) is 4.79 Å². The van der Waals surface area contributed by atoms with Crippen molar-refractivity contribution in [2.45, 2.75) is 6.92 Å². The van der Waals surface area contributed by atoms with Gasteiger partial charge in [0.1, 0.15) is 5.75 Å². The molecule has 2 fully saturated rings. The van der Waals surface area contributed by atoms with Gasteiger partial charge in [0, 0.05) is 31.0 Å². The monoisotopic (exact) mass is 305 g/mol. The van der Waals surface area contributed by atoms with Crippen LogP contribution >= 0.6 is 0 Å². The van der Waals surface area contributed by atoms with Crippen LogP contribution in [-0.4, -0.2) is 56.9 Å². The van der Waals surface area contributed by atoms with Gasteiger partial charge in [-0.25, -0.2) is 0 Å². The first-order chi connectivity index (χ1) is 10.7. The van der Waals surface area contributed by atoms with Gasteiger partial charge in [-0.2, -0.15) is 0 Å². The number of rotatable bonds is 6. The second-order valence-electron chi connectivity index (χ2n) is 6.09. The van der Waals surface area contributed by atoms with Gasteiger partial charge in [0.2, 0.25) is 0 Å². The van der Waals surface area contributed by atoms with Crippen molar-refractivity contribution in [2.75, 3.05) is 46.1 Å². The lowest BCUT2D eigenvalue weighted by Crippen LogP contribution is -2.38. The van der Waals surface area contributed by atoms with Crippen molar-refractivity contribution >= 4 is 5.91 Å². The number of nitrogens with zero attached hydrogens (tertiary/aromatic N) is 1. The molecule has 0 N–H and O–H groups in total. The number of hydrogen-bond acceptors (Lipinski definition) is 4. The van der Waals surface area contributed by atoms with E-state index in [1.165, 1.54) is 0 Å². The lowest BCUT2D eigenvalue weighted by atomic mass is 9.82. The summed E-state index contributed by atoms with van der Waals surface area (Å²) in [5, 5.41) is 0. The second kappa shape index (κ2) is 6.67. The van der Waals surface area contributed by atoms with Crippen LogP contribution in [0, 0.1) is 11.3 Å². The maximum atomic E-state index is 12.4. The number of hydrogen-bond donors (Lipinski definition) is 0. The van der Waals surface area contributed by atoms with Crippen LogP contribution in [0.4, 0.5) is 0 Å². The van der Waals surface area contributed by atoms with Crippen molar-refractivity contribution in [1.82, 2.24) is 4.90 Å². The fourth-order valence-electron chi connectivity index (χ4n) is 3.28. The van der Waals surface area contributed by atoms with Crippen LogP contribution in [-0.2, 0) is 14.3 Å². The topological polar surface area (TPSA) is 48.0 Å². The van der Waals surface area contributed by atoms with E-state index in [-0.39, 0.29) is 17.9 Å². The Morgan fingerprint density at radius 2 is 2.23 bits per heavy atom. The molecule has 5 heteroatoms. The zero-order valence-corrected chi connectivity index (χ0v) is 13.0. The van der Waals surface area contributed by atoms with Gasteiger partial charge in [-0.05, 0) is 19.1 Å². The molecule has 3 rings (SSSR count). The summed E-state index contributed by atoms with van der Waals surface area (Å²) in [6, 6.07) is 9.43. The highest BCUT2D eigenvalue weighted by Crippen LogP contribution is 2.41. The fourth-order valence-corrected chi connectivity index (χ4v) is 3.28. The van der Waals surface area contributed by atoms with E-state index >= 15 is 0 Å². The van der Waals surface area contributed by atoms with Crippen LogP contribution in [0.3, 0.4) is 0 Å². The molecule has 1 aromatic rings. The molecule has 120 valence electrons. The average molecular weight is 305 g/mol. The maximum absolute atomic E-state index is 12.4. The summed E-state index contributed by atoms with van der Waals surface area (Å²) < 4.78 is 16.8. The van der Waals surface area contributed by atoms with Crippen molar-refractivity contribution in [2.24, 2.45) is 11.3 Å². The maximum Gasteiger partial charge on any atom is 0.260 e. The largest absolute Gasteiger partial charge is 0.484 e. The quantitative estimate of drug-likeness (QED) is 0.800. The minimum atomic E-state index is -0.0293. The molecule has 2 aliphatic heterocycles. The van der Waals surface area contributed by atoms with Crippen LogP contribution in [0.2, 0.25) is 0 Å². The Morgan fingerprint density at radius 1 is 1.41 bits per heavy atom. The summed E-state index contributed by atoms with van der Waals surface area (Å²) >= 11 is 0. The SMILES string of the molecule is CCOC[C@]12COC[C@H]1CN(C(=O)COc1ccccc1)C2. The number of amides is 1. The molecule has 2 heterocycles. The van der Waals surface area contributed by atoms with Gasteiger partial charge >= 0.3 is 0 Å². The van der Waals surface area contributed by atoms with Crippen LogP contribution in [0.1, 0.15) is 6.92 Å². The number of fused-ring (bicyclic) bond motifs is 1. The van der Waals surface area contributed by atoms with Gasteiger partial charge in [0.05, 0.1) is 19.8 Å². The minimum absolute atomic E-state index is 0.0293. The molecule has 0 unspecified atom stereocenters. The third-order valence-electron chi connectivity index (χ3n) is 4.57. The first kappa shape index (κ1) is 15.3. The van der Waals surface area contributed by atoms with Crippen LogP contribution in [0.15, 0.2) is 30.3 Å². The van der Waals surface area contributed by atoms with Crippen molar-refractivity contribution < 1.29 is 19.0 Å². The fraction of sp³-hybridized carbons (Fsp3) is 0.588. The van der Waals surface area contributed by atoms with Gasteiger partial charge < -0.3 is 19.1 Å². The molecule has 1 amide bonds. The molecular weight excluding hydrogens is 282 g/mol. The van der Waals surface area contributed by atoms with Crippen molar-refractivity contribution in [1.29, 1.82) is 0 Å². The van der Waals surface area contributed by atoms with Crippen LogP contribution < -0.4 is 4.74 Å². The third kappa shape index (κ3) is 3.10. The molecule has 22 heavy (non-hydrogen) atoms. The van der Waals surface area contributed by atoms with Gasteiger partial charge in [-0.3, -0.25) is 4.79 Å². The third-order valence-corrected chi connectivity index (χ3v) is 4.57. The minimum Gasteiger partial charge on any atom is -0.484 e. The summed E-state index contributed by atoms with van der Waals surface area (Å²) in [4.78, 5) is 14.3. The van der Waals surface area contributed by atoms with E-state index in [1.807, 2.05) is 42.2 Å². The Kier molecular flexibility index (Phi) is 4.64. The summed E-state index contributed by atoms with van der Waals surface area (Å²) in [6.07, 6.45) is 0. The van der Waals surface area contributed by atoms with E-state index in [1.54, 1.807) is 0 Å². The molecule has 0 aliphatic carbocycles. The van der Waals surface area contributed by atoms with E-state index in [0.717, 1.165) is 18.9 Å². The lowest BCUT2D eigenvalue weighted by Gasteiger charge is -2.26. The zero-order valence-electron chi connectivity index (χ0n) is 13.0. The van der Waals surface area contributed by atoms with Gasteiger partial charge in [0.25, 0.3) is 5.91 Å². The van der Waals surface area contributed by atoms with Crippen molar-refractivity contribution in [3.8, 4) is 5.75 Å². The van der Waals surface area contributed by atoms with Gasteiger partial charge in [-0.1, -0.05) is 18.2 Å². The van der Waals surface area contributed by atoms with Crippen LogP contribution in [0.25, 0.3) is 0 Å². The molecule has 2 atom stereocenters. The Morgan fingerprint density at radius 3 is 3.00 bits per heavy atom. The zero-order chi connectivity index (χ0) is 15.4. The van der Waals surface area contributed by atoms with Gasteiger partial charge in [-0.15, -0.1) is 0 Å². The number of ether oxygens (including phenoxy) is 3. The molecular formula is C17H23NO4. The highest BCUT2D eigenvalue weighted by atomic mass is 16.5. The highest BCUT2D eigenvalue weighted by molar-refractivity contribution is 5.78. The predicted molar refractivity (Wildman–Crippen MR) is 81.8 cm³/mol. The lowest BCUT2D eigenvalue weighted by molar-refractivity contribution is -0.133. The Bertz CT molecular complexity index is 507. The van der Waals surface area contributed by atoms with E-state index < -0.39 is 0 Å². The van der Waals surface area contributed by atoms with Crippen molar-refractivity contribution in [3.05, 3.63) is 30.3 Å². The highest BCUT2D eigenvalue weighted by Gasteiger charge is 2.51. The van der Waals surface area contributed by atoms with Crippen LogP contribution in [0.5, 0.6) is 5.75 Å².